The summed E-state index contributed by atoms with van der Waals surface area (Å²) in [6.45, 7) is 2.82. The van der Waals surface area contributed by atoms with Gasteiger partial charge in [-0.15, -0.1) is 3.42 Å². The van der Waals surface area contributed by atoms with Crippen LogP contribution in [0.1, 0.15) is 24.5 Å². The molecule has 0 saturated carbocycles. The summed E-state index contributed by atoms with van der Waals surface area (Å²) in [5.41, 5.74) is 4.24. The van der Waals surface area contributed by atoms with E-state index in [2.05, 4.69) is 63.9 Å². The van der Waals surface area contributed by atoms with E-state index in [0.717, 1.165) is 18.7 Å². The number of carbonyl (C=O) groups is 1. The summed E-state index contributed by atoms with van der Waals surface area (Å²) < 4.78 is 0.168. The van der Waals surface area contributed by atoms with Gasteiger partial charge in [-0.25, -0.2) is 0 Å². The van der Waals surface area contributed by atoms with Gasteiger partial charge in [-0.1, -0.05) is 24.1 Å². The van der Waals surface area contributed by atoms with Crippen molar-refractivity contribution in [2.45, 2.75) is 29.2 Å². The number of fused-ring (bicyclic) bond motifs is 2. The highest BCUT2D eigenvalue weighted by atomic mass is 127. The van der Waals surface area contributed by atoms with Crippen molar-refractivity contribution < 1.29 is 27.4 Å². The zero-order valence-electron chi connectivity index (χ0n) is 14.1. The third-order valence-corrected chi connectivity index (χ3v) is 8.56. The molecule has 0 bridgehead atoms. The molecule has 3 nitrogen and oxygen atoms in total. The van der Waals surface area contributed by atoms with Crippen LogP contribution in [0.5, 0.6) is 0 Å². The molecule has 1 aliphatic carbocycles. The zero-order valence-corrected chi connectivity index (χ0v) is 17.1. The second kappa shape index (κ2) is 6.32. The average molecular weight is 454 g/mol. The van der Waals surface area contributed by atoms with Crippen LogP contribution in [0.2, 0.25) is 0 Å². The molecular formula is C19H23IN2OS-. The molecular weight excluding hydrogens is 431 g/mol. The number of carbonyl (C=O) groups excluding carboxylic acids is 1. The second-order valence-corrected chi connectivity index (χ2v) is 10.3. The van der Waals surface area contributed by atoms with E-state index in [0.29, 0.717) is 17.7 Å². The standard InChI is InChI=1S/C19H23IN2OS/c1-12(23)10-24-11-13-7-19(20)15-4-3-5-16-18(15)14(8-21-16)6-17(19)22(2)9-13/h3-5,8,13,17,21H,6-7,9-11H2,1-2H3/q-1/t13?,17-,19?/m1/s1. The Bertz CT molecular complexity index is 789. The highest BCUT2D eigenvalue weighted by Crippen LogP contribution is 2.44. The molecule has 1 N–H and O–H groups in total. The van der Waals surface area contributed by atoms with Crippen LogP contribution in [0.25, 0.3) is 10.9 Å². The zero-order chi connectivity index (χ0) is 16.9. The van der Waals surface area contributed by atoms with Gasteiger partial charge in [0.1, 0.15) is 5.78 Å². The van der Waals surface area contributed by atoms with Gasteiger partial charge < -0.3 is 32.5 Å². The Morgan fingerprint density at radius 3 is 3.12 bits per heavy atom. The van der Waals surface area contributed by atoms with Crippen molar-refractivity contribution in [1.82, 2.24) is 9.88 Å². The van der Waals surface area contributed by atoms with Crippen molar-refractivity contribution in [2.75, 3.05) is 25.1 Å². The molecule has 1 aromatic carbocycles. The van der Waals surface area contributed by atoms with Crippen molar-refractivity contribution in [1.29, 1.82) is 0 Å². The third kappa shape index (κ3) is 2.72. The minimum Gasteiger partial charge on any atom is -0.783 e. The molecule has 129 valence electrons. The van der Waals surface area contributed by atoms with Crippen molar-refractivity contribution in [2.24, 2.45) is 5.92 Å². The van der Waals surface area contributed by atoms with Crippen LogP contribution in [0.3, 0.4) is 0 Å². The first-order chi connectivity index (χ1) is 11.5. The molecule has 0 spiro atoms. The predicted octanol–water partition coefficient (Wildman–Crippen LogP) is 0.115. The van der Waals surface area contributed by atoms with Gasteiger partial charge in [0.2, 0.25) is 0 Å². The Morgan fingerprint density at radius 1 is 1.50 bits per heavy atom. The normalized spacial score (nSPS) is 29.6. The number of aromatic nitrogens is 1. The molecule has 1 aromatic heterocycles. The van der Waals surface area contributed by atoms with Gasteiger partial charge in [0.25, 0.3) is 0 Å². The predicted molar refractivity (Wildman–Crippen MR) is 96.2 cm³/mol. The topological polar surface area (TPSA) is 36.1 Å². The van der Waals surface area contributed by atoms with E-state index < -0.39 is 0 Å². The van der Waals surface area contributed by atoms with Gasteiger partial charge in [0, 0.05) is 29.7 Å². The van der Waals surface area contributed by atoms with E-state index in [-0.39, 0.29) is 9.20 Å². The Kier molecular flexibility index (Phi) is 4.46. The number of likely N-dealkylation sites (N-methyl/N-ethyl adjacent to an activating group) is 1. The number of halogens is 1. The SMILES string of the molecule is CC(=O)CSCC1CN(C)[C@@H]2Cc3c[nH]c4cccc(c34)C2([I-])C1. The van der Waals surface area contributed by atoms with Gasteiger partial charge in [-0.2, -0.15) is 11.8 Å². The van der Waals surface area contributed by atoms with Crippen molar-refractivity contribution in [3.63, 3.8) is 0 Å². The molecule has 2 aliphatic rings. The third-order valence-electron chi connectivity index (χ3n) is 5.50. The largest absolute Gasteiger partial charge is 0.783 e. The van der Waals surface area contributed by atoms with Crippen LogP contribution in [0, 0.1) is 5.92 Å². The van der Waals surface area contributed by atoms with Crippen molar-refractivity contribution in [3.05, 3.63) is 35.5 Å². The highest BCUT2D eigenvalue weighted by Gasteiger charge is 2.42. The number of ketones is 1. The fourth-order valence-corrected chi connectivity index (χ4v) is 7.29. The molecule has 1 radical (unpaired) electrons. The molecule has 2 aromatic rings. The molecule has 1 aliphatic heterocycles. The maximum absolute atomic E-state index is 11.2. The lowest BCUT2D eigenvalue weighted by Gasteiger charge is -2.59. The average Bonchev–Trinajstić information content (AvgIpc) is 2.93. The number of H-pyrrole nitrogens is 1. The number of hydrogen-bond donors (Lipinski definition) is 1. The van der Waals surface area contributed by atoms with E-state index in [1.54, 1.807) is 18.7 Å². The summed E-state index contributed by atoms with van der Waals surface area (Å²) in [5, 5.41) is 1.45. The quantitative estimate of drug-likeness (QED) is 0.527. The van der Waals surface area contributed by atoms with Crippen LogP contribution in [0.4, 0.5) is 0 Å². The Balaban J connectivity index is 1.66. The number of alkyl halides is 1. The van der Waals surface area contributed by atoms with Crippen LogP contribution >= 0.6 is 11.8 Å². The van der Waals surface area contributed by atoms with E-state index in [9.17, 15) is 4.79 Å². The number of piperidine rings is 1. The second-order valence-electron chi connectivity index (χ2n) is 7.35. The fraction of sp³-hybridized carbons (Fsp3) is 0.526. The maximum atomic E-state index is 11.2. The molecule has 0 amide bonds. The van der Waals surface area contributed by atoms with Crippen LogP contribution in [-0.4, -0.2) is 46.8 Å². The summed E-state index contributed by atoms with van der Waals surface area (Å²) in [6, 6.07) is 7.27. The summed E-state index contributed by atoms with van der Waals surface area (Å²) in [5.74, 6) is 2.65. The summed E-state index contributed by atoms with van der Waals surface area (Å²) in [6.07, 6.45) is 4.54. The fourth-order valence-electron chi connectivity index (χ4n) is 4.56. The minimum atomic E-state index is 0.168. The number of Topliss-reactive ketones (excluding diaryl/α,β-unsaturated/α-hetero) is 1. The van der Waals surface area contributed by atoms with Crippen molar-refractivity contribution >= 4 is 28.4 Å². The molecule has 1 saturated heterocycles. The molecule has 5 heteroatoms. The number of nitrogens with one attached hydrogen (secondary N) is 1. The lowest BCUT2D eigenvalue weighted by atomic mass is 9.72. The van der Waals surface area contributed by atoms with Gasteiger partial charge in [-0.3, -0.25) is 4.79 Å². The number of benzene rings is 1. The van der Waals surface area contributed by atoms with E-state index in [1.165, 1.54) is 28.5 Å². The lowest BCUT2D eigenvalue weighted by Crippen LogP contribution is -3.43. The summed E-state index contributed by atoms with van der Waals surface area (Å²) >= 11 is 4.54. The molecule has 3 atom stereocenters. The number of aromatic amines is 1. The van der Waals surface area contributed by atoms with Gasteiger partial charge in [-0.05, 0) is 43.7 Å². The van der Waals surface area contributed by atoms with E-state index in [4.69, 9.17) is 0 Å². The number of hydrogen-bond acceptors (Lipinski definition) is 3. The van der Waals surface area contributed by atoms with Crippen molar-refractivity contribution in [3.8, 4) is 0 Å². The van der Waals surface area contributed by atoms with E-state index >= 15 is 0 Å². The lowest BCUT2D eigenvalue weighted by molar-refractivity contribution is -0.510. The highest BCUT2D eigenvalue weighted by molar-refractivity contribution is 7.99. The Morgan fingerprint density at radius 2 is 2.33 bits per heavy atom. The summed E-state index contributed by atoms with van der Waals surface area (Å²) in [7, 11) is 2.28. The first-order valence-electron chi connectivity index (χ1n) is 8.55. The molecule has 1 fully saturated rings. The van der Waals surface area contributed by atoms with Crippen LogP contribution in [-0.2, 0) is 14.6 Å². The number of nitrogens with zero attached hydrogens (tertiary/aromatic N) is 1. The van der Waals surface area contributed by atoms with Crippen LogP contribution < -0.4 is 22.6 Å². The number of rotatable bonds is 4. The Labute approximate surface area is 161 Å². The first kappa shape index (κ1) is 16.9. The number of likely N-dealkylation sites (tertiary alicyclic amines) is 1. The monoisotopic (exact) mass is 454 g/mol. The van der Waals surface area contributed by atoms with Crippen LogP contribution in [0.15, 0.2) is 24.4 Å². The molecule has 2 heterocycles. The maximum Gasteiger partial charge on any atom is 0.139 e. The minimum absolute atomic E-state index is 0.168. The first-order valence-corrected chi connectivity index (χ1v) is 10.8. The number of thioether (sulfide) groups is 1. The summed E-state index contributed by atoms with van der Waals surface area (Å²) in [4.78, 5) is 17.3. The van der Waals surface area contributed by atoms with Gasteiger partial charge >= 0.3 is 0 Å². The molecule has 24 heavy (non-hydrogen) atoms. The smallest absolute Gasteiger partial charge is 0.139 e. The molecule has 2 unspecified atom stereocenters. The van der Waals surface area contributed by atoms with E-state index in [1.807, 2.05) is 0 Å². The van der Waals surface area contributed by atoms with Gasteiger partial charge in [0.15, 0.2) is 0 Å². The van der Waals surface area contributed by atoms with Gasteiger partial charge in [0.05, 0.1) is 5.75 Å². The molecule has 4 rings (SSSR count). The Hall–Kier alpha value is -0.530.